The minimum Gasteiger partial charge on any atom is -0.465 e. The smallest absolute Gasteiger partial charge is 0.323 e. The molecule has 0 aliphatic carbocycles. The second-order valence-electron chi connectivity index (χ2n) is 3.72. The largest absolute Gasteiger partial charge is 0.465 e. The van der Waals surface area contributed by atoms with Gasteiger partial charge in [-0.3, -0.25) is 4.79 Å². The van der Waals surface area contributed by atoms with Gasteiger partial charge in [0.25, 0.3) is 0 Å². The lowest BCUT2D eigenvalue weighted by Crippen LogP contribution is -2.35. The second-order valence-corrected chi connectivity index (χ2v) is 7.28. The molecule has 1 aliphatic rings. The Morgan fingerprint density at radius 2 is 2.31 bits per heavy atom. The molecule has 0 saturated carbocycles. The molecule has 2 N–H and O–H groups in total. The molecule has 1 fully saturated rings. The maximum Gasteiger partial charge on any atom is 0.323 e. The van der Waals surface area contributed by atoms with Gasteiger partial charge in [0, 0.05) is 11.0 Å². The molecule has 0 aromatic rings. The molecule has 0 bridgehead atoms. The van der Waals surface area contributed by atoms with Gasteiger partial charge < -0.3 is 10.5 Å². The van der Waals surface area contributed by atoms with Crippen LogP contribution >= 0.6 is 11.8 Å². The molecule has 0 radical (unpaired) electrons. The van der Waals surface area contributed by atoms with E-state index < -0.39 is 21.8 Å². The number of hydrogen-bond donors (Lipinski definition) is 1. The number of ether oxygens (including phenoxy) is 1. The van der Waals surface area contributed by atoms with Crippen molar-refractivity contribution in [1.82, 2.24) is 0 Å². The first-order valence-corrected chi connectivity index (χ1v) is 8.06. The van der Waals surface area contributed by atoms with Gasteiger partial charge in [0.1, 0.15) is 6.04 Å². The van der Waals surface area contributed by atoms with Gasteiger partial charge in [-0.05, 0) is 13.3 Å². The van der Waals surface area contributed by atoms with Crippen molar-refractivity contribution in [3.8, 4) is 0 Å². The van der Waals surface area contributed by atoms with Gasteiger partial charge in [-0.2, -0.15) is 11.8 Å². The van der Waals surface area contributed by atoms with Crippen LogP contribution in [0.2, 0.25) is 0 Å². The molecule has 94 valence electrons. The molecule has 0 amide bonds. The predicted molar refractivity (Wildman–Crippen MR) is 64.1 cm³/mol. The van der Waals surface area contributed by atoms with E-state index in [4.69, 9.17) is 10.5 Å². The minimum absolute atomic E-state index is 0.0745. The molecule has 16 heavy (non-hydrogen) atoms. The molecule has 0 aromatic carbocycles. The highest BCUT2D eigenvalue weighted by molar-refractivity contribution is 8.01. The quantitative estimate of drug-likeness (QED) is 0.694. The fourth-order valence-electron chi connectivity index (χ4n) is 1.45. The molecule has 5 nitrogen and oxygen atoms in total. The van der Waals surface area contributed by atoms with E-state index in [0.29, 0.717) is 18.8 Å². The average molecular weight is 267 g/mol. The van der Waals surface area contributed by atoms with Crippen LogP contribution in [-0.4, -0.2) is 49.5 Å². The first kappa shape index (κ1) is 13.8. The van der Waals surface area contributed by atoms with Crippen molar-refractivity contribution in [2.45, 2.75) is 24.6 Å². The Labute approximate surface area is 100 Å². The predicted octanol–water partition coefficient (Wildman–Crippen LogP) is -0.203. The van der Waals surface area contributed by atoms with Gasteiger partial charge in [-0.1, -0.05) is 0 Å². The number of carbonyl (C=O) groups excluding carboxylic acids is 1. The Hall–Kier alpha value is -0.270. The average Bonchev–Trinajstić information content (AvgIpc) is 2.55. The van der Waals surface area contributed by atoms with Crippen LogP contribution in [0.15, 0.2) is 0 Å². The van der Waals surface area contributed by atoms with E-state index in [1.54, 1.807) is 6.92 Å². The van der Waals surface area contributed by atoms with Crippen molar-refractivity contribution in [2.75, 3.05) is 23.9 Å². The maximum atomic E-state index is 11.2. The fraction of sp³-hybridized carbons (Fsp3) is 0.889. The van der Waals surface area contributed by atoms with Gasteiger partial charge in [0.05, 0.1) is 18.1 Å². The minimum atomic E-state index is -2.85. The third kappa shape index (κ3) is 4.31. The molecule has 1 saturated heterocycles. The van der Waals surface area contributed by atoms with Crippen LogP contribution in [0.3, 0.4) is 0 Å². The van der Waals surface area contributed by atoms with Crippen molar-refractivity contribution in [3.05, 3.63) is 0 Å². The van der Waals surface area contributed by atoms with Crippen LogP contribution in [0, 0.1) is 0 Å². The lowest BCUT2D eigenvalue weighted by atomic mass is 10.4. The monoisotopic (exact) mass is 267 g/mol. The van der Waals surface area contributed by atoms with Crippen molar-refractivity contribution in [2.24, 2.45) is 5.73 Å². The van der Waals surface area contributed by atoms with Crippen LogP contribution < -0.4 is 5.73 Å². The molecule has 7 heteroatoms. The van der Waals surface area contributed by atoms with E-state index in [2.05, 4.69) is 0 Å². The third-order valence-electron chi connectivity index (χ3n) is 2.29. The van der Waals surface area contributed by atoms with E-state index in [0.717, 1.165) is 0 Å². The van der Waals surface area contributed by atoms with Gasteiger partial charge in [0.15, 0.2) is 9.84 Å². The SMILES string of the molecule is CCOC(=O)C(N)CSC1CCS(=O)(=O)C1. The summed E-state index contributed by atoms with van der Waals surface area (Å²) in [6.45, 7) is 2.04. The van der Waals surface area contributed by atoms with Crippen LogP contribution in [0.5, 0.6) is 0 Å². The lowest BCUT2D eigenvalue weighted by molar-refractivity contribution is -0.144. The molecular formula is C9H17NO4S2. The second kappa shape index (κ2) is 5.88. The van der Waals surface area contributed by atoms with Crippen molar-refractivity contribution in [3.63, 3.8) is 0 Å². The first-order chi connectivity index (χ1) is 7.44. The van der Waals surface area contributed by atoms with E-state index in [-0.39, 0.29) is 16.8 Å². The Morgan fingerprint density at radius 1 is 1.62 bits per heavy atom. The normalized spacial score (nSPS) is 25.2. The molecule has 1 aliphatic heterocycles. The molecule has 2 atom stereocenters. The topological polar surface area (TPSA) is 86.5 Å². The van der Waals surface area contributed by atoms with Crippen LogP contribution in [0.4, 0.5) is 0 Å². The zero-order valence-electron chi connectivity index (χ0n) is 9.22. The molecule has 2 unspecified atom stereocenters. The number of sulfone groups is 1. The summed E-state index contributed by atoms with van der Waals surface area (Å²) in [6.07, 6.45) is 0.655. The van der Waals surface area contributed by atoms with E-state index in [1.807, 2.05) is 0 Å². The van der Waals surface area contributed by atoms with Crippen molar-refractivity contribution in [1.29, 1.82) is 0 Å². The standard InChI is InChI=1S/C9H17NO4S2/c1-2-14-9(11)8(10)5-15-7-3-4-16(12,13)6-7/h7-8H,2-6,10H2,1H3. The van der Waals surface area contributed by atoms with Gasteiger partial charge >= 0.3 is 5.97 Å². The molecule has 1 heterocycles. The zero-order valence-corrected chi connectivity index (χ0v) is 10.9. The van der Waals surface area contributed by atoms with E-state index >= 15 is 0 Å². The number of esters is 1. The summed E-state index contributed by atoms with van der Waals surface area (Å²) in [6, 6.07) is -0.659. The van der Waals surface area contributed by atoms with Crippen molar-refractivity contribution < 1.29 is 17.9 Å². The lowest BCUT2D eigenvalue weighted by Gasteiger charge is -2.12. The maximum absolute atomic E-state index is 11.2. The Morgan fingerprint density at radius 3 is 2.81 bits per heavy atom. The summed E-state index contributed by atoms with van der Waals surface area (Å²) in [5, 5.41) is 0.0745. The summed E-state index contributed by atoms with van der Waals surface area (Å²) in [7, 11) is -2.85. The van der Waals surface area contributed by atoms with E-state index in [9.17, 15) is 13.2 Å². The van der Waals surface area contributed by atoms with Gasteiger partial charge in [-0.25, -0.2) is 8.42 Å². The summed E-state index contributed by atoms with van der Waals surface area (Å²) < 4.78 is 27.1. The zero-order chi connectivity index (χ0) is 12.2. The molecule has 1 rings (SSSR count). The number of carbonyl (C=O) groups is 1. The van der Waals surface area contributed by atoms with Crippen LogP contribution in [-0.2, 0) is 19.4 Å². The molecule has 0 spiro atoms. The highest BCUT2D eigenvalue weighted by Gasteiger charge is 2.29. The van der Waals surface area contributed by atoms with Crippen molar-refractivity contribution >= 4 is 27.6 Å². The Balaban J connectivity index is 2.28. The highest BCUT2D eigenvalue weighted by atomic mass is 32.2. The van der Waals surface area contributed by atoms with E-state index in [1.165, 1.54) is 11.8 Å². The Bertz CT molecular complexity index is 341. The molecule has 0 aromatic heterocycles. The fourth-order valence-corrected chi connectivity index (χ4v) is 5.05. The number of hydrogen-bond acceptors (Lipinski definition) is 6. The number of nitrogens with two attached hydrogens (primary N) is 1. The summed E-state index contributed by atoms with van der Waals surface area (Å²) >= 11 is 1.44. The van der Waals surface area contributed by atoms with Gasteiger partial charge in [0.2, 0.25) is 0 Å². The first-order valence-electron chi connectivity index (χ1n) is 5.19. The molecular weight excluding hydrogens is 250 g/mol. The summed E-state index contributed by atoms with van der Waals surface area (Å²) in [4.78, 5) is 11.2. The van der Waals surface area contributed by atoms with Crippen LogP contribution in [0.25, 0.3) is 0 Å². The summed E-state index contributed by atoms with van der Waals surface area (Å²) in [5.41, 5.74) is 5.60. The third-order valence-corrected chi connectivity index (χ3v) is 5.70. The Kier molecular flexibility index (Phi) is 5.07. The highest BCUT2D eigenvalue weighted by Crippen LogP contribution is 2.24. The van der Waals surface area contributed by atoms with Gasteiger partial charge in [-0.15, -0.1) is 0 Å². The van der Waals surface area contributed by atoms with Crippen LogP contribution in [0.1, 0.15) is 13.3 Å². The number of thioether (sulfide) groups is 1. The summed E-state index contributed by atoms with van der Waals surface area (Å²) in [5.74, 6) is 0.446. The number of rotatable bonds is 5.